The number of furan rings is 1. The van der Waals surface area contributed by atoms with Gasteiger partial charge in [0.15, 0.2) is 5.76 Å². The van der Waals surface area contributed by atoms with Crippen LogP contribution in [0.25, 0.3) is 11.0 Å². The molecule has 1 heterocycles. The maximum Gasteiger partial charge on any atom is 0.307 e. The van der Waals surface area contributed by atoms with E-state index in [2.05, 4.69) is 5.32 Å². The molecule has 0 saturated carbocycles. The molecule has 0 aliphatic rings. The first-order valence-electron chi connectivity index (χ1n) is 9.73. The number of thioether (sulfide) groups is 1. The standard InChI is InChI=1S/C22H24N2O6S/c1-14(2)29-13-18-17-5-3-4-6-19(17)30-20(18)21(25)23-11-12-28-15-7-9-16(10-8-15)31-22(26)24-27/h3-10,14,27H,11-13H2,1-2H3,(H,23,25)(H,24,26). The van der Waals surface area contributed by atoms with Crippen molar-refractivity contribution in [3.05, 3.63) is 59.9 Å². The van der Waals surface area contributed by atoms with Gasteiger partial charge in [-0.1, -0.05) is 18.2 Å². The number of para-hydroxylation sites is 1. The summed E-state index contributed by atoms with van der Waals surface area (Å²) in [5.74, 6) is 0.507. The van der Waals surface area contributed by atoms with Crippen molar-refractivity contribution >= 4 is 33.9 Å². The molecule has 31 heavy (non-hydrogen) atoms. The van der Waals surface area contributed by atoms with Crippen molar-refractivity contribution in [2.45, 2.75) is 31.5 Å². The van der Waals surface area contributed by atoms with E-state index in [4.69, 9.17) is 19.1 Å². The second-order valence-corrected chi connectivity index (χ2v) is 7.89. The molecule has 2 aromatic carbocycles. The summed E-state index contributed by atoms with van der Waals surface area (Å²) in [6.45, 7) is 4.70. The Balaban J connectivity index is 1.55. The Bertz CT molecular complexity index is 1030. The highest BCUT2D eigenvalue weighted by molar-refractivity contribution is 8.13. The lowest BCUT2D eigenvalue weighted by atomic mass is 10.1. The van der Waals surface area contributed by atoms with Gasteiger partial charge in [0.2, 0.25) is 0 Å². The summed E-state index contributed by atoms with van der Waals surface area (Å²) in [6.07, 6.45) is 0.0285. The lowest BCUT2D eigenvalue weighted by Crippen LogP contribution is -2.28. The summed E-state index contributed by atoms with van der Waals surface area (Å²) < 4.78 is 17.1. The Morgan fingerprint density at radius 2 is 1.87 bits per heavy atom. The normalized spacial score (nSPS) is 11.0. The van der Waals surface area contributed by atoms with Crippen molar-refractivity contribution in [2.75, 3.05) is 13.2 Å². The topological polar surface area (TPSA) is 110 Å². The van der Waals surface area contributed by atoms with Crippen LogP contribution in [0, 0.1) is 0 Å². The smallest absolute Gasteiger partial charge is 0.307 e. The highest BCUT2D eigenvalue weighted by Gasteiger charge is 2.20. The molecule has 0 aliphatic heterocycles. The van der Waals surface area contributed by atoms with Crippen LogP contribution < -0.4 is 15.5 Å². The fraction of sp³-hybridized carbons (Fsp3) is 0.273. The average molecular weight is 445 g/mol. The molecule has 0 aliphatic carbocycles. The Morgan fingerprint density at radius 3 is 2.58 bits per heavy atom. The molecule has 0 fully saturated rings. The number of hydrogen-bond donors (Lipinski definition) is 3. The molecule has 0 radical (unpaired) electrons. The third-order valence-electron chi connectivity index (χ3n) is 4.25. The van der Waals surface area contributed by atoms with Crippen LogP contribution in [-0.2, 0) is 11.3 Å². The number of ether oxygens (including phenoxy) is 2. The lowest BCUT2D eigenvalue weighted by molar-refractivity contribution is 0.0643. The van der Waals surface area contributed by atoms with Gasteiger partial charge >= 0.3 is 5.24 Å². The summed E-state index contributed by atoms with van der Waals surface area (Å²) in [5, 5.41) is 11.6. The predicted molar refractivity (Wildman–Crippen MR) is 117 cm³/mol. The van der Waals surface area contributed by atoms with Gasteiger partial charge in [-0.25, -0.2) is 5.48 Å². The van der Waals surface area contributed by atoms with E-state index in [1.54, 1.807) is 29.7 Å². The van der Waals surface area contributed by atoms with Gasteiger partial charge in [0.1, 0.15) is 17.9 Å². The minimum atomic E-state index is -0.569. The Hall–Kier alpha value is -3.01. The van der Waals surface area contributed by atoms with Gasteiger partial charge in [0.05, 0.1) is 19.3 Å². The third kappa shape index (κ3) is 6.24. The summed E-state index contributed by atoms with van der Waals surface area (Å²) in [6, 6.07) is 14.3. The van der Waals surface area contributed by atoms with Gasteiger partial charge in [-0.2, -0.15) is 0 Å². The molecular weight excluding hydrogens is 420 g/mol. The molecule has 3 rings (SSSR count). The molecule has 0 unspecified atom stereocenters. The molecule has 3 aromatic rings. The van der Waals surface area contributed by atoms with Crippen molar-refractivity contribution in [3.63, 3.8) is 0 Å². The molecule has 0 saturated heterocycles. The van der Waals surface area contributed by atoms with Crippen LogP contribution >= 0.6 is 11.8 Å². The average Bonchev–Trinajstić information content (AvgIpc) is 3.15. The number of carbonyl (C=O) groups excluding carboxylic acids is 2. The van der Waals surface area contributed by atoms with Crippen LogP contribution in [-0.4, -0.2) is 35.6 Å². The Kier molecular flexibility index (Phi) is 7.94. The second-order valence-electron chi connectivity index (χ2n) is 6.84. The van der Waals surface area contributed by atoms with Crippen LogP contribution in [0.15, 0.2) is 57.8 Å². The Labute approximate surface area is 183 Å². The lowest BCUT2D eigenvalue weighted by Gasteiger charge is -2.10. The number of amides is 2. The highest BCUT2D eigenvalue weighted by Crippen LogP contribution is 2.27. The van der Waals surface area contributed by atoms with Gasteiger partial charge in [0.25, 0.3) is 5.91 Å². The zero-order valence-corrected chi connectivity index (χ0v) is 18.0. The van der Waals surface area contributed by atoms with E-state index in [1.165, 1.54) is 0 Å². The molecular formula is C22H24N2O6S. The zero-order chi connectivity index (χ0) is 22.2. The van der Waals surface area contributed by atoms with Crippen LogP contribution in [0.5, 0.6) is 5.75 Å². The van der Waals surface area contributed by atoms with Gasteiger partial charge in [0, 0.05) is 15.8 Å². The van der Waals surface area contributed by atoms with Gasteiger partial charge in [-0.15, -0.1) is 0 Å². The number of hydroxylamine groups is 1. The van der Waals surface area contributed by atoms with Gasteiger partial charge in [-0.3, -0.25) is 14.8 Å². The first-order valence-corrected chi connectivity index (χ1v) is 10.5. The number of carbonyl (C=O) groups is 2. The first kappa shape index (κ1) is 22.7. The molecule has 3 N–H and O–H groups in total. The van der Waals surface area contributed by atoms with Crippen LogP contribution in [0.2, 0.25) is 0 Å². The van der Waals surface area contributed by atoms with Crippen molar-refractivity contribution < 1.29 is 28.7 Å². The molecule has 9 heteroatoms. The van der Waals surface area contributed by atoms with E-state index in [1.807, 2.05) is 38.1 Å². The quantitative estimate of drug-likeness (QED) is 0.195. The maximum atomic E-state index is 12.7. The monoisotopic (exact) mass is 444 g/mol. The summed E-state index contributed by atoms with van der Waals surface area (Å²) in [5.41, 5.74) is 2.92. The molecule has 164 valence electrons. The largest absolute Gasteiger partial charge is 0.492 e. The third-order valence-corrected chi connectivity index (χ3v) is 5.03. The van der Waals surface area contributed by atoms with Crippen LogP contribution in [0.1, 0.15) is 30.0 Å². The molecule has 0 spiro atoms. The van der Waals surface area contributed by atoms with Crippen molar-refractivity contribution in [1.29, 1.82) is 0 Å². The first-order chi connectivity index (χ1) is 15.0. The van der Waals surface area contributed by atoms with Crippen molar-refractivity contribution in [2.24, 2.45) is 0 Å². The fourth-order valence-corrected chi connectivity index (χ4v) is 3.35. The van der Waals surface area contributed by atoms with Crippen LogP contribution in [0.4, 0.5) is 4.79 Å². The molecule has 2 amide bonds. The Morgan fingerprint density at radius 1 is 1.13 bits per heavy atom. The summed E-state index contributed by atoms with van der Waals surface area (Å²) in [4.78, 5) is 24.5. The fourth-order valence-electron chi connectivity index (χ4n) is 2.82. The molecule has 0 atom stereocenters. The van der Waals surface area contributed by atoms with E-state index < -0.39 is 5.24 Å². The summed E-state index contributed by atoms with van der Waals surface area (Å²) >= 11 is 0.857. The zero-order valence-electron chi connectivity index (χ0n) is 17.2. The highest BCUT2D eigenvalue weighted by atomic mass is 32.2. The van der Waals surface area contributed by atoms with Gasteiger partial charge < -0.3 is 19.2 Å². The van der Waals surface area contributed by atoms with Crippen LogP contribution in [0.3, 0.4) is 0 Å². The van der Waals surface area contributed by atoms with Crippen molar-refractivity contribution in [1.82, 2.24) is 10.8 Å². The number of fused-ring (bicyclic) bond motifs is 1. The van der Waals surface area contributed by atoms with E-state index in [0.717, 1.165) is 22.7 Å². The van der Waals surface area contributed by atoms with E-state index >= 15 is 0 Å². The van der Waals surface area contributed by atoms with E-state index in [9.17, 15) is 9.59 Å². The number of rotatable bonds is 9. The molecule has 0 bridgehead atoms. The predicted octanol–water partition coefficient (Wildman–Crippen LogP) is 4.36. The number of hydrogen-bond acceptors (Lipinski definition) is 7. The maximum absolute atomic E-state index is 12.7. The molecule has 8 nitrogen and oxygen atoms in total. The van der Waals surface area contributed by atoms with E-state index in [-0.39, 0.29) is 37.5 Å². The number of benzene rings is 2. The second kappa shape index (κ2) is 10.9. The summed E-state index contributed by atoms with van der Waals surface area (Å²) in [7, 11) is 0. The van der Waals surface area contributed by atoms with E-state index in [0.29, 0.717) is 16.2 Å². The molecule has 1 aromatic heterocycles. The van der Waals surface area contributed by atoms with Crippen molar-refractivity contribution in [3.8, 4) is 5.75 Å². The minimum absolute atomic E-state index is 0.0285. The number of nitrogens with one attached hydrogen (secondary N) is 2. The van der Waals surface area contributed by atoms with Gasteiger partial charge in [-0.05, 0) is 55.9 Å². The minimum Gasteiger partial charge on any atom is -0.492 e. The SMILES string of the molecule is CC(C)OCc1c(C(=O)NCCOc2ccc(SC(=O)NO)cc2)oc2ccccc12.